The van der Waals surface area contributed by atoms with E-state index in [0.717, 1.165) is 17.6 Å². The topological polar surface area (TPSA) is 76.2 Å². The highest BCUT2D eigenvalue weighted by Crippen LogP contribution is 2.27. The lowest BCUT2D eigenvalue weighted by atomic mass is 9.96. The van der Waals surface area contributed by atoms with E-state index in [1.807, 2.05) is 12.1 Å². The van der Waals surface area contributed by atoms with Crippen LogP contribution in [0.5, 0.6) is 0 Å². The second-order valence-electron chi connectivity index (χ2n) is 3.65. The van der Waals surface area contributed by atoms with Gasteiger partial charge in [-0.2, -0.15) is 5.26 Å². The van der Waals surface area contributed by atoms with Crippen molar-refractivity contribution < 1.29 is 9.66 Å². The summed E-state index contributed by atoms with van der Waals surface area (Å²) in [6, 6.07) is 6.37. The minimum atomic E-state index is -0.497. The summed E-state index contributed by atoms with van der Waals surface area (Å²) in [6.45, 7) is 1.14. The van der Waals surface area contributed by atoms with Gasteiger partial charge in [-0.15, -0.1) is 0 Å². The lowest BCUT2D eigenvalue weighted by Crippen LogP contribution is -2.05. The molecule has 2 rings (SSSR count). The first-order valence-corrected chi connectivity index (χ1v) is 5.18. The molecule has 0 saturated heterocycles. The molecule has 0 fully saturated rings. The molecule has 0 bridgehead atoms. The molecule has 17 heavy (non-hydrogen) atoms. The summed E-state index contributed by atoms with van der Waals surface area (Å²) >= 11 is 0. The fourth-order valence-electron chi connectivity index (χ4n) is 1.79. The van der Waals surface area contributed by atoms with Crippen LogP contribution in [0.4, 0.5) is 5.69 Å². The highest BCUT2D eigenvalue weighted by molar-refractivity contribution is 5.72. The number of nitro benzene ring substituents is 1. The molecule has 0 saturated carbocycles. The van der Waals surface area contributed by atoms with Crippen LogP contribution in [-0.2, 0) is 4.74 Å². The number of nitriles is 1. The minimum absolute atomic E-state index is 0.0574. The van der Waals surface area contributed by atoms with Crippen molar-refractivity contribution in [2.24, 2.45) is 0 Å². The fourth-order valence-corrected chi connectivity index (χ4v) is 1.79. The minimum Gasteiger partial charge on any atom is -0.377 e. The summed E-state index contributed by atoms with van der Waals surface area (Å²) in [5.74, 6) is 0. The first-order valence-electron chi connectivity index (χ1n) is 5.18. The van der Waals surface area contributed by atoms with Crippen LogP contribution in [-0.4, -0.2) is 18.1 Å². The Bertz CT molecular complexity index is 529. The molecule has 0 atom stereocenters. The van der Waals surface area contributed by atoms with Gasteiger partial charge >= 0.3 is 0 Å². The predicted molar refractivity (Wildman–Crippen MR) is 61.2 cm³/mol. The zero-order valence-electron chi connectivity index (χ0n) is 9.05. The van der Waals surface area contributed by atoms with Crippen LogP contribution < -0.4 is 0 Å². The molecule has 1 aromatic carbocycles. The number of non-ortho nitro benzene ring substituents is 1. The Balaban J connectivity index is 2.45. The third-order valence-electron chi connectivity index (χ3n) is 2.64. The maximum absolute atomic E-state index is 10.6. The Labute approximate surface area is 98.1 Å². The van der Waals surface area contributed by atoms with E-state index in [2.05, 4.69) is 0 Å². The van der Waals surface area contributed by atoms with E-state index in [1.165, 1.54) is 12.1 Å². The monoisotopic (exact) mass is 230 g/mol. The molecule has 1 aromatic rings. The fraction of sp³-hybridized carbons (Fsp3) is 0.250. The molecule has 1 aliphatic rings. The Hall–Kier alpha value is -2.19. The van der Waals surface area contributed by atoms with Crippen LogP contribution in [0.1, 0.15) is 17.5 Å². The number of ether oxygens (including phenoxy) is 1. The Morgan fingerprint density at radius 1 is 1.47 bits per heavy atom. The van der Waals surface area contributed by atoms with E-state index in [-0.39, 0.29) is 5.69 Å². The largest absolute Gasteiger partial charge is 0.377 e. The van der Waals surface area contributed by atoms with Gasteiger partial charge in [-0.25, -0.2) is 0 Å². The molecule has 0 amide bonds. The van der Waals surface area contributed by atoms with Crippen LogP contribution in [0.25, 0.3) is 5.57 Å². The molecule has 0 spiro atoms. The summed E-state index contributed by atoms with van der Waals surface area (Å²) in [7, 11) is 0. The van der Waals surface area contributed by atoms with Gasteiger partial charge in [0.25, 0.3) is 5.69 Å². The molecule has 1 heterocycles. The summed E-state index contributed by atoms with van der Waals surface area (Å²) < 4.78 is 5.19. The molecular formula is C12H10N2O3. The Kier molecular flexibility index (Phi) is 3.17. The third-order valence-corrected chi connectivity index (χ3v) is 2.64. The van der Waals surface area contributed by atoms with Gasteiger partial charge in [-0.3, -0.25) is 10.1 Å². The third kappa shape index (κ3) is 2.32. The van der Waals surface area contributed by atoms with Crippen LogP contribution in [0, 0.1) is 21.4 Å². The second-order valence-corrected chi connectivity index (χ2v) is 3.65. The molecule has 0 aliphatic carbocycles. The van der Waals surface area contributed by atoms with Crippen LogP contribution in [0.2, 0.25) is 0 Å². The first kappa shape index (κ1) is 11.3. The van der Waals surface area contributed by atoms with Gasteiger partial charge in [0.2, 0.25) is 0 Å². The van der Waals surface area contributed by atoms with Gasteiger partial charge in [-0.05, 0) is 23.6 Å². The smallest absolute Gasteiger partial charge is 0.270 e. The highest BCUT2D eigenvalue weighted by Gasteiger charge is 2.14. The van der Waals surface area contributed by atoms with E-state index >= 15 is 0 Å². The van der Waals surface area contributed by atoms with Crippen molar-refractivity contribution in [3.8, 4) is 6.07 Å². The predicted octanol–water partition coefficient (Wildman–Crippen LogP) is 2.27. The van der Waals surface area contributed by atoms with E-state index in [9.17, 15) is 10.1 Å². The van der Waals surface area contributed by atoms with Gasteiger partial charge in [0.05, 0.1) is 23.7 Å². The molecule has 0 radical (unpaired) electrons. The first-order chi connectivity index (χ1) is 8.22. The van der Waals surface area contributed by atoms with Crippen molar-refractivity contribution in [1.82, 2.24) is 0 Å². The lowest BCUT2D eigenvalue weighted by Gasteiger charge is -2.14. The molecule has 5 heteroatoms. The van der Waals surface area contributed by atoms with Crippen molar-refractivity contribution in [2.45, 2.75) is 6.42 Å². The van der Waals surface area contributed by atoms with Gasteiger partial charge in [0, 0.05) is 12.1 Å². The van der Waals surface area contributed by atoms with Crippen LogP contribution in [0.15, 0.2) is 24.3 Å². The second kappa shape index (κ2) is 4.76. The van der Waals surface area contributed by atoms with Crippen LogP contribution in [0.3, 0.4) is 0 Å². The standard InChI is InChI=1S/C12H10N2O3/c13-8-10-7-11(14(15)16)1-2-12(10)9-3-5-17-6-4-9/h1-3,7H,4-6H2. The van der Waals surface area contributed by atoms with Crippen molar-refractivity contribution in [2.75, 3.05) is 13.2 Å². The quantitative estimate of drug-likeness (QED) is 0.576. The van der Waals surface area contributed by atoms with Crippen LogP contribution >= 0.6 is 0 Å². The molecular weight excluding hydrogens is 220 g/mol. The van der Waals surface area contributed by atoms with E-state index < -0.39 is 4.92 Å². The highest BCUT2D eigenvalue weighted by atomic mass is 16.6. The Morgan fingerprint density at radius 2 is 2.29 bits per heavy atom. The maximum Gasteiger partial charge on any atom is 0.270 e. The number of rotatable bonds is 2. The molecule has 0 unspecified atom stereocenters. The number of hydrogen-bond donors (Lipinski definition) is 0. The van der Waals surface area contributed by atoms with E-state index in [1.54, 1.807) is 6.07 Å². The van der Waals surface area contributed by atoms with E-state index in [0.29, 0.717) is 18.8 Å². The summed E-state index contributed by atoms with van der Waals surface area (Å²) in [5, 5.41) is 19.6. The van der Waals surface area contributed by atoms with Crippen molar-refractivity contribution in [3.05, 3.63) is 45.5 Å². The number of nitro groups is 1. The van der Waals surface area contributed by atoms with Crippen molar-refractivity contribution in [3.63, 3.8) is 0 Å². The Morgan fingerprint density at radius 3 is 2.88 bits per heavy atom. The average Bonchev–Trinajstić information content (AvgIpc) is 2.39. The van der Waals surface area contributed by atoms with E-state index in [4.69, 9.17) is 10.00 Å². The molecule has 86 valence electrons. The van der Waals surface area contributed by atoms with Gasteiger partial charge in [-0.1, -0.05) is 6.08 Å². The SMILES string of the molecule is N#Cc1cc([N+](=O)[O-])ccc1C1=CCOCC1. The molecule has 0 aromatic heterocycles. The molecule has 5 nitrogen and oxygen atoms in total. The summed E-state index contributed by atoms with van der Waals surface area (Å²) in [6.07, 6.45) is 2.64. The zero-order valence-corrected chi connectivity index (χ0v) is 9.05. The zero-order chi connectivity index (χ0) is 12.3. The molecule has 0 N–H and O–H groups in total. The van der Waals surface area contributed by atoms with Gasteiger partial charge in [0.1, 0.15) is 6.07 Å². The normalized spacial score (nSPS) is 14.9. The number of nitrogens with zero attached hydrogens (tertiary/aromatic N) is 2. The molecule has 1 aliphatic heterocycles. The van der Waals surface area contributed by atoms with Gasteiger partial charge in [0.15, 0.2) is 0 Å². The van der Waals surface area contributed by atoms with Gasteiger partial charge < -0.3 is 4.74 Å². The lowest BCUT2D eigenvalue weighted by molar-refractivity contribution is -0.384. The van der Waals surface area contributed by atoms with Crippen molar-refractivity contribution in [1.29, 1.82) is 5.26 Å². The summed E-state index contributed by atoms with van der Waals surface area (Å²) in [5.41, 5.74) is 2.06. The summed E-state index contributed by atoms with van der Waals surface area (Å²) in [4.78, 5) is 10.1. The average molecular weight is 230 g/mol. The number of hydrogen-bond acceptors (Lipinski definition) is 4. The maximum atomic E-state index is 10.6. The number of benzene rings is 1. The van der Waals surface area contributed by atoms with Crippen molar-refractivity contribution >= 4 is 11.3 Å².